The number of benzene rings is 1. The molecular formula is C11H12BrN3O4. The molecule has 0 heterocycles. The van der Waals surface area contributed by atoms with Crippen LogP contribution in [0.25, 0.3) is 0 Å². The molecule has 0 aromatic heterocycles. The van der Waals surface area contributed by atoms with Crippen LogP contribution in [0.2, 0.25) is 0 Å². The van der Waals surface area contributed by atoms with Crippen LogP contribution in [0.3, 0.4) is 0 Å². The average Bonchev–Trinajstić information content (AvgIpc) is 2.28. The van der Waals surface area contributed by atoms with E-state index in [0.29, 0.717) is 4.47 Å². The van der Waals surface area contributed by atoms with Crippen LogP contribution in [0.1, 0.15) is 24.2 Å². The van der Waals surface area contributed by atoms with Gasteiger partial charge in [0, 0.05) is 16.6 Å². The summed E-state index contributed by atoms with van der Waals surface area (Å²) in [6, 6.07) is 3.78. The number of hydrogen-bond acceptors (Lipinski definition) is 4. The maximum Gasteiger partial charge on any atom is 0.270 e. The lowest BCUT2D eigenvalue weighted by molar-refractivity contribution is -0.384. The minimum atomic E-state index is -1.25. The number of nitrogens with zero attached hydrogens (tertiary/aromatic N) is 1. The van der Waals surface area contributed by atoms with E-state index in [-0.39, 0.29) is 11.3 Å². The second-order valence-electron chi connectivity index (χ2n) is 4.36. The number of amides is 2. The fourth-order valence-electron chi connectivity index (χ4n) is 1.21. The molecule has 1 aromatic carbocycles. The fourth-order valence-corrected chi connectivity index (χ4v) is 1.64. The Bertz CT molecular complexity index is 557. The first kappa shape index (κ1) is 15.1. The summed E-state index contributed by atoms with van der Waals surface area (Å²) in [5.41, 5.74) is 3.73. The standard InChI is InChI=1S/C11H12BrN3O4/c1-11(2,10(13)17)14-9(16)7-5-6(15(18)19)3-4-8(7)12/h3-5H,1-2H3,(H2,13,17)(H,14,16). The second-order valence-corrected chi connectivity index (χ2v) is 5.22. The lowest BCUT2D eigenvalue weighted by Gasteiger charge is -2.22. The van der Waals surface area contributed by atoms with Crippen molar-refractivity contribution in [2.24, 2.45) is 5.73 Å². The summed E-state index contributed by atoms with van der Waals surface area (Å²) in [4.78, 5) is 33.2. The Hall–Kier alpha value is -1.96. The summed E-state index contributed by atoms with van der Waals surface area (Å²) < 4.78 is 0.385. The van der Waals surface area contributed by atoms with Crippen molar-refractivity contribution in [2.45, 2.75) is 19.4 Å². The largest absolute Gasteiger partial charge is 0.368 e. The van der Waals surface area contributed by atoms with E-state index in [2.05, 4.69) is 21.2 Å². The van der Waals surface area contributed by atoms with Crippen LogP contribution in [-0.4, -0.2) is 22.3 Å². The van der Waals surface area contributed by atoms with E-state index in [1.54, 1.807) is 0 Å². The Balaban J connectivity index is 3.09. The van der Waals surface area contributed by atoms with E-state index in [1.165, 1.54) is 26.0 Å². The van der Waals surface area contributed by atoms with Gasteiger partial charge < -0.3 is 11.1 Å². The van der Waals surface area contributed by atoms with E-state index < -0.39 is 22.3 Å². The number of hydrogen-bond donors (Lipinski definition) is 2. The van der Waals surface area contributed by atoms with Crippen LogP contribution in [-0.2, 0) is 4.79 Å². The highest BCUT2D eigenvalue weighted by Crippen LogP contribution is 2.23. The molecule has 1 aromatic rings. The lowest BCUT2D eigenvalue weighted by Crippen LogP contribution is -2.53. The summed E-state index contributed by atoms with van der Waals surface area (Å²) in [6.07, 6.45) is 0. The molecule has 0 saturated heterocycles. The van der Waals surface area contributed by atoms with Gasteiger partial charge in [-0.1, -0.05) is 0 Å². The van der Waals surface area contributed by atoms with Crippen LogP contribution in [0, 0.1) is 10.1 Å². The van der Waals surface area contributed by atoms with Gasteiger partial charge in [-0.05, 0) is 35.8 Å². The van der Waals surface area contributed by atoms with Gasteiger partial charge in [0.2, 0.25) is 5.91 Å². The highest BCUT2D eigenvalue weighted by Gasteiger charge is 2.28. The molecule has 0 saturated carbocycles. The summed E-state index contributed by atoms with van der Waals surface area (Å²) in [7, 11) is 0. The number of primary amides is 1. The quantitative estimate of drug-likeness (QED) is 0.640. The molecule has 0 spiro atoms. The summed E-state index contributed by atoms with van der Waals surface area (Å²) >= 11 is 3.13. The van der Waals surface area contributed by atoms with Gasteiger partial charge in [0.25, 0.3) is 11.6 Å². The molecule has 7 nitrogen and oxygen atoms in total. The highest BCUT2D eigenvalue weighted by atomic mass is 79.9. The average molecular weight is 330 g/mol. The van der Waals surface area contributed by atoms with Gasteiger partial charge in [0.15, 0.2) is 0 Å². The number of nitrogens with two attached hydrogens (primary N) is 1. The Kier molecular flexibility index (Phi) is 4.25. The molecule has 19 heavy (non-hydrogen) atoms. The van der Waals surface area contributed by atoms with Crippen molar-refractivity contribution in [3.05, 3.63) is 38.3 Å². The van der Waals surface area contributed by atoms with Crippen molar-refractivity contribution in [2.75, 3.05) is 0 Å². The Labute approximate surface area is 117 Å². The number of carbonyl (C=O) groups is 2. The van der Waals surface area contributed by atoms with Gasteiger partial charge in [-0.15, -0.1) is 0 Å². The molecule has 0 atom stereocenters. The van der Waals surface area contributed by atoms with Gasteiger partial charge in [0.1, 0.15) is 5.54 Å². The Morgan fingerprint density at radius 3 is 2.47 bits per heavy atom. The van der Waals surface area contributed by atoms with E-state index in [1.807, 2.05) is 0 Å². The smallest absolute Gasteiger partial charge is 0.270 e. The normalized spacial score (nSPS) is 10.9. The molecule has 0 fully saturated rings. The number of rotatable bonds is 4. The fraction of sp³-hybridized carbons (Fsp3) is 0.273. The molecule has 0 unspecified atom stereocenters. The predicted molar refractivity (Wildman–Crippen MR) is 71.5 cm³/mol. The van der Waals surface area contributed by atoms with Gasteiger partial charge in [-0.3, -0.25) is 19.7 Å². The van der Waals surface area contributed by atoms with Crippen molar-refractivity contribution in [3.63, 3.8) is 0 Å². The van der Waals surface area contributed by atoms with Crippen molar-refractivity contribution in [3.8, 4) is 0 Å². The van der Waals surface area contributed by atoms with Crippen LogP contribution in [0.4, 0.5) is 5.69 Å². The first-order chi connectivity index (χ1) is 8.65. The maximum atomic E-state index is 12.0. The second kappa shape index (κ2) is 5.35. The molecule has 0 bridgehead atoms. The topological polar surface area (TPSA) is 115 Å². The molecule has 0 aliphatic carbocycles. The third kappa shape index (κ3) is 3.50. The number of nitro groups is 1. The predicted octanol–water partition coefficient (Wildman–Crippen LogP) is 1.35. The maximum absolute atomic E-state index is 12.0. The molecule has 0 aliphatic heterocycles. The highest BCUT2D eigenvalue weighted by molar-refractivity contribution is 9.10. The molecule has 0 aliphatic rings. The van der Waals surface area contributed by atoms with Crippen LogP contribution in [0.15, 0.2) is 22.7 Å². The first-order valence-corrected chi connectivity index (χ1v) is 6.01. The molecule has 2 amide bonds. The van der Waals surface area contributed by atoms with E-state index in [4.69, 9.17) is 5.73 Å². The lowest BCUT2D eigenvalue weighted by atomic mass is 10.0. The first-order valence-electron chi connectivity index (χ1n) is 5.21. The van der Waals surface area contributed by atoms with Crippen LogP contribution in [0.5, 0.6) is 0 Å². The third-order valence-electron chi connectivity index (χ3n) is 2.45. The number of nitrogens with one attached hydrogen (secondary N) is 1. The van der Waals surface area contributed by atoms with Gasteiger partial charge in [-0.25, -0.2) is 0 Å². The van der Waals surface area contributed by atoms with Crippen LogP contribution < -0.4 is 11.1 Å². The number of halogens is 1. The number of non-ortho nitro benzene ring substituents is 1. The molecule has 0 radical (unpaired) electrons. The SMILES string of the molecule is CC(C)(NC(=O)c1cc([N+](=O)[O-])ccc1Br)C(N)=O. The zero-order valence-corrected chi connectivity index (χ0v) is 11.9. The van der Waals surface area contributed by atoms with Crippen molar-refractivity contribution < 1.29 is 14.5 Å². The minimum absolute atomic E-state index is 0.0588. The van der Waals surface area contributed by atoms with Crippen molar-refractivity contribution >= 4 is 33.4 Å². The van der Waals surface area contributed by atoms with Crippen LogP contribution >= 0.6 is 15.9 Å². The molecule has 8 heteroatoms. The summed E-state index contributed by atoms with van der Waals surface area (Å²) in [5.74, 6) is -1.33. The van der Waals surface area contributed by atoms with Gasteiger partial charge in [-0.2, -0.15) is 0 Å². The van der Waals surface area contributed by atoms with Gasteiger partial charge in [0.05, 0.1) is 10.5 Å². The van der Waals surface area contributed by atoms with Crippen molar-refractivity contribution in [1.82, 2.24) is 5.32 Å². The molecule has 3 N–H and O–H groups in total. The van der Waals surface area contributed by atoms with Crippen molar-refractivity contribution in [1.29, 1.82) is 0 Å². The molecule has 102 valence electrons. The summed E-state index contributed by atoms with van der Waals surface area (Å²) in [6.45, 7) is 2.89. The monoisotopic (exact) mass is 329 g/mol. The number of nitro benzene ring substituents is 1. The zero-order valence-electron chi connectivity index (χ0n) is 10.3. The Morgan fingerprint density at radius 1 is 1.42 bits per heavy atom. The third-order valence-corrected chi connectivity index (χ3v) is 3.14. The Morgan fingerprint density at radius 2 is 2.00 bits per heavy atom. The summed E-state index contributed by atoms with van der Waals surface area (Å²) in [5, 5.41) is 13.1. The van der Waals surface area contributed by atoms with E-state index >= 15 is 0 Å². The number of carbonyl (C=O) groups excluding carboxylic acids is 2. The minimum Gasteiger partial charge on any atom is -0.368 e. The van der Waals surface area contributed by atoms with Gasteiger partial charge >= 0.3 is 0 Å². The molecule has 1 rings (SSSR count). The zero-order chi connectivity index (χ0) is 14.8. The molecular weight excluding hydrogens is 318 g/mol. The van der Waals surface area contributed by atoms with E-state index in [9.17, 15) is 19.7 Å². The van der Waals surface area contributed by atoms with E-state index in [0.717, 1.165) is 6.07 Å².